The molecule has 31 heavy (non-hydrogen) atoms. The molecule has 1 heterocycles. The number of halogens is 1. The van der Waals surface area contributed by atoms with E-state index in [1.54, 1.807) is 32.9 Å². The monoisotopic (exact) mass is 521 g/mol. The summed E-state index contributed by atoms with van der Waals surface area (Å²) in [6.45, 7) is 6.92. The topological polar surface area (TPSA) is 91.4 Å². The third-order valence-corrected chi connectivity index (χ3v) is 6.22. The molecule has 0 aliphatic carbocycles. The van der Waals surface area contributed by atoms with Crippen molar-refractivity contribution in [3.8, 4) is 0 Å². The first-order valence-electron chi connectivity index (χ1n) is 10.4. The zero-order chi connectivity index (χ0) is 22.9. The number of amides is 1. The number of hydrogen-bond acceptors (Lipinski definition) is 7. The van der Waals surface area contributed by atoms with E-state index in [2.05, 4.69) is 15.9 Å². The van der Waals surface area contributed by atoms with Crippen LogP contribution in [0.2, 0.25) is 0 Å². The second kappa shape index (κ2) is 12.2. The first kappa shape index (κ1) is 26.1. The molecular formula is C21H32BrNO7S. The number of hydrogen-bond donors (Lipinski definition) is 0. The maximum absolute atomic E-state index is 12.5. The maximum Gasteiger partial charge on any atom is 0.410 e. The van der Waals surface area contributed by atoms with Gasteiger partial charge in [0.25, 0.3) is 10.1 Å². The van der Waals surface area contributed by atoms with Gasteiger partial charge in [0, 0.05) is 24.2 Å². The Kier molecular flexibility index (Phi) is 10.2. The van der Waals surface area contributed by atoms with Gasteiger partial charge in [-0.15, -0.1) is 0 Å². The standard InChI is InChI=1S/C21H32BrNO7S/c1-21(2,3)30-20(24)23(13-16-28-19-7-4-5-14-27-19)12-6-15-29-31(25,26)18-10-8-17(22)9-11-18/h8-11,19H,4-7,12-16H2,1-3H3. The fourth-order valence-electron chi connectivity index (χ4n) is 2.85. The smallest absolute Gasteiger partial charge is 0.410 e. The van der Waals surface area contributed by atoms with E-state index in [-0.39, 0.29) is 24.3 Å². The van der Waals surface area contributed by atoms with E-state index >= 15 is 0 Å². The van der Waals surface area contributed by atoms with Gasteiger partial charge in [-0.2, -0.15) is 8.42 Å². The van der Waals surface area contributed by atoms with E-state index < -0.39 is 21.8 Å². The lowest BCUT2D eigenvalue weighted by atomic mass is 10.2. The lowest BCUT2D eigenvalue weighted by Crippen LogP contribution is -2.40. The van der Waals surface area contributed by atoms with Crippen LogP contribution in [0.1, 0.15) is 46.5 Å². The van der Waals surface area contributed by atoms with E-state index in [0.717, 1.165) is 23.7 Å². The number of ether oxygens (including phenoxy) is 3. The second-order valence-corrected chi connectivity index (χ2v) is 10.7. The van der Waals surface area contributed by atoms with Crippen LogP contribution in [0.4, 0.5) is 4.79 Å². The summed E-state index contributed by atoms with van der Waals surface area (Å²) >= 11 is 3.27. The van der Waals surface area contributed by atoms with Gasteiger partial charge < -0.3 is 19.1 Å². The maximum atomic E-state index is 12.5. The molecule has 176 valence electrons. The summed E-state index contributed by atoms with van der Waals surface area (Å²) in [5, 5.41) is 0. The van der Waals surface area contributed by atoms with Gasteiger partial charge in [-0.05, 0) is 70.7 Å². The minimum atomic E-state index is -3.85. The highest BCUT2D eigenvalue weighted by atomic mass is 79.9. The summed E-state index contributed by atoms with van der Waals surface area (Å²) < 4.78 is 47.2. The van der Waals surface area contributed by atoms with Crippen molar-refractivity contribution in [1.82, 2.24) is 4.90 Å². The molecule has 0 bridgehead atoms. The Hall–Kier alpha value is -1.20. The van der Waals surface area contributed by atoms with Gasteiger partial charge in [0.1, 0.15) is 5.60 Å². The molecule has 1 aliphatic rings. The van der Waals surface area contributed by atoms with Crippen molar-refractivity contribution in [3.63, 3.8) is 0 Å². The normalized spacial score (nSPS) is 17.4. The van der Waals surface area contributed by atoms with E-state index in [4.69, 9.17) is 18.4 Å². The van der Waals surface area contributed by atoms with Crippen molar-refractivity contribution in [2.24, 2.45) is 0 Å². The molecule has 8 nitrogen and oxygen atoms in total. The number of carbonyl (C=O) groups excluding carboxylic acids is 1. The lowest BCUT2D eigenvalue weighted by Gasteiger charge is -2.28. The van der Waals surface area contributed by atoms with Crippen LogP contribution in [-0.2, 0) is 28.5 Å². The number of carbonyl (C=O) groups is 1. The molecule has 1 atom stereocenters. The second-order valence-electron chi connectivity index (χ2n) is 8.22. The van der Waals surface area contributed by atoms with Gasteiger partial charge >= 0.3 is 6.09 Å². The Morgan fingerprint density at radius 3 is 2.48 bits per heavy atom. The van der Waals surface area contributed by atoms with Crippen LogP contribution in [0.5, 0.6) is 0 Å². The minimum Gasteiger partial charge on any atom is -0.444 e. The summed E-state index contributed by atoms with van der Waals surface area (Å²) in [6.07, 6.45) is 2.55. The summed E-state index contributed by atoms with van der Waals surface area (Å²) in [5.41, 5.74) is -0.635. The summed E-state index contributed by atoms with van der Waals surface area (Å²) in [5.74, 6) is 0. The van der Waals surface area contributed by atoms with E-state index in [1.165, 1.54) is 17.0 Å². The minimum absolute atomic E-state index is 0.0513. The van der Waals surface area contributed by atoms with Crippen molar-refractivity contribution in [1.29, 1.82) is 0 Å². The van der Waals surface area contributed by atoms with Crippen LogP contribution >= 0.6 is 15.9 Å². The van der Waals surface area contributed by atoms with Gasteiger partial charge in [-0.25, -0.2) is 4.79 Å². The highest BCUT2D eigenvalue weighted by molar-refractivity contribution is 9.10. The Labute approximate surface area is 193 Å². The molecule has 0 radical (unpaired) electrons. The van der Waals surface area contributed by atoms with Gasteiger partial charge in [0.05, 0.1) is 18.1 Å². The molecule has 10 heteroatoms. The number of nitrogens with zero attached hydrogens (tertiary/aromatic N) is 1. The molecule has 0 saturated carbocycles. The van der Waals surface area contributed by atoms with E-state index in [1.807, 2.05) is 0 Å². The third kappa shape index (κ3) is 9.86. The van der Waals surface area contributed by atoms with Gasteiger partial charge in [0.15, 0.2) is 6.29 Å². The van der Waals surface area contributed by atoms with Crippen LogP contribution in [-0.4, -0.2) is 64.2 Å². The average molecular weight is 522 g/mol. The fourth-order valence-corrected chi connectivity index (χ4v) is 4.06. The summed E-state index contributed by atoms with van der Waals surface area (Å²) in [4.78, 5) is 14.1. The first-order valence-corrected chi connectivity index (χ1v) is 12.6. The molecule has 2 rings (SSSR count). The van der Waals surface area contributed by atoms with Crippen molar-refractivity contribution < 1.29 is 31.6 Å². The number of benzene rings is 1. The van der Waals surface area contributed by atoms with Gasteiger partial charge in [-0.3, -0.25) is 4.18 Å². The SMILES string of the molecule is CC(C)(C)OC(=O)N(CCCOS(=O)(=O)c1ccc(Br)cc1)CCOC1CCCCO1. The lowest BCUT2D eigenvalue weighted by molar-refractivity contribution is -0.164. The Balaban J connectivity index is 1.84. The average Bonchev–Trinajstić information content (AvgIpc) is 2.69. The zero-order valence-corrected chi connectivity index (χ0v) is 20.7. The highest BCUT2D eigenvalue weighted by Gasteiger charge is 2.23. The van der Waals surface area contributed by atoms with Crippen molar-refractivity contribution in [2.45, 2.75) is 63.2 Å². The summed E-state index contributed by atoms with van der Waals surface area (Å²) in [6, 6.07) is 6.21. The predicted octanol–water partition coefficient (Wildman–Crippen LogP) is 4.32. The highest BCUT2D eigenvalue weighted by Crippen LogP contribution is 2.17. The van der Waals surface area contributed by atoms with E-state index in [9.17, 15) is 13.2 Å². The molecular weight excluding hydrogens is 490 g/mol. The Bertz CT molecular complexity index is 787. The molecule has 1 aliphatic heterocycles. The van der Waals surface area contributed by atoms with Gasteiger partial charge in [-0.1, -0.05) is 15.9 Å². The Morgan fingerprint density at radius 2 is 1.87 bits per heavy atom. The molecule has 1 unspecified atom stereocenters. The molecule has 1 fully saturated rings. The Morgan fingerprint density at radius 1 is 1.16 bits per heavy atom. The molecule has 0 spiro atoms. The van der Waals surface area contributed by atoms with Crippen LogP contribution in [0.25, 0.3) is 0 Å². The number of rotatable bonds is 10. The zero-order valence-electron chi connectivity index (χ0n) is 18.3. The third-order valence-electron chi connectivity index (χ3n) is 4.37. The van der Waals surface area contributed by atoms with Gasteiger partial charge in [0.2, 0.25) is 0 Å². The molecule has 1 saturated heterocycles. The molecule has 1 aromatic carbocycles. The molecule has 0 aromatic heterocycles. The van der Waals surface area contributed by atoms with Crippen molar-refractivity contribution in [2.75, 3.05) is 32.9 Å². The van der Waals surface area contributed by atoms with Crippen molar-refractivity contribution in [3.05, 3.63) is 28.7 Å². The van der Waals surface area contributed by atoms with E-state index in [0.29, 0.717) is 26.2 Å². The quantitative estimate of drug-likeness (QED) is 0.334. The van der Waals surface area contributed by atoms with Crippen LogP contribution in [0, 0.1) is 0 Å². The summed E-state index contributed by atoms with van der Waals surface area (Å²) in [7, 11) is -3.85. The predicted molar refractivity (Wildman–Crippen MR) is 119 cm³/mol. The van der Waals surface area contributed by atoms with Crippen LogP contribution in [0.3, 0.4) is 0 Å². The first-order chi connectivity index (χ1) is 14.6. The molecule has 1 amide bonds. The largest absolute Gasteiger partial charge is 0.444 e. The molecule has 0 N–H and O–H groups in total. The van der Waals surface area contributed by atoms with Crippen LogP contribution < -0.4 is 0 Å². The van der Waals surface area contributed by atoms with Crippen LogP contribution in [0.15, 0.2) is 33.6 Å². The van der Waals surface area contributed by atoms with Crippen molar-refractivity contribution >= 4 is 32.1 Å². The fraction of sp³-hybridized carbons (Fsp3) is 0.667. The molecule has 1 aromatic rings.